The largest absolute Gasteiger partial charge is 0.480 e. The molecule has 0 aliphatic heterocycles. The standard InChI is InChI=1S/C10H19N3O4/c1-5-11-7(14)6-13(4)9(17)12-10(2,3)8(15)16/h5-6H2,1-4H3,(H,11,14)(H,12,17)(H,15,16). The molecule has 7 heteroatoms. The summed E-state index contributed by atoms with van der Waals surface area (Å²) >= 11 is 0. The van der Waals surface area contributed by atoms with Crippen molar-refractivity contribution < 1.29 is 19.5 Å². The molecule has 0 rings (SSSR count). The lowest BCUT2D eigenvalue weighted by Gasteiger charge is -2.25. The highest BCUT2D eigenvalue weighted by Crippen LogP contribution is 2.02. The molecule has 0 radical (unpaired) electrons. The van der Waals surface area contributed by atoms with E-state index >= 15 is 0 Å². The van der Waals surface area contributed by atoms with Gasteiger partial charge in [-0.05, 0) is 20.8 Å². The topological polar surface area (TPSA) is 98.7 Å². The lowest BCUT2D eigenvalue weighted by atomic mass is 10.1. The van der Waals surface area contributed by atoms with Crippen LogP contribution in [0.5, 0.6) is 0 Å². The molecule has 0 heterocycles. The Hall–Kier alpha value is -1.79. The van der Waals surface area contributed by atoms with E-state index in [0.29, 0.717) is 6.54 Å². The third-order valence-corrected chi connectivity index (χ3v) is 2.06. The van der Waals surface area contributed by atoms with Gasteiger partial charge in [-0.1, -0.05) is 0 Å². The minimum Gasteiger partial charge on any atom is -0.480 e. The van der Waals surface area contributed by atoms with Crippen LogP contribution in [0.4, 0.5) is 4.79 Å². The van der Waals surface area contributed by atoms with Crippen LogP contribution < -0.4 is 10.6 Å². The zero-order chi connectivity index (χ0) is 13.6. The summed E-state index contributed by atoms with van der Waals surface area (Å²) < 4.78 is 0. The molecule has 0 saturated heterocycles. The fraction of sp³-hybridized carbons (Fsp3) is 0.700. The number of urea groups is 1. The molecule has 3 N–H and O–H groups in total. The van der Waals surface area contributed by atoms with E-state index in [0.717, 1.165) is 4.90 Å². The van der Waals surface area contributed by atoms with Gasteiger partial charge >= 0.3 is 12.0 Å². The zero-order valence-corrected chi connectivity index (χ0v) is 10.5. The molecule has 0 unspecified atom stereocenters. The van der Waals surface area contributed by atoms with Crippen molar-refractivity contribution in [2.75, 3.05) is 20.1 Å². The van der Waals surface area contributed by atoms with Crippen LogP contribution >= 0.6 is 0 Å². The first-order valence-electron chi connectivity index (χ1n) is 5.24. The molecular formula is C10H19N3O4. The number of nitrogens with one attached hydrogen (secondary N) is 2. The number of carbonyl (C=O) groups excluding carboxylic acids is 2. The molecule has 0 aromatic carbocycles. The Morgan fingerprint density at radius 2 is 1.82 bits per heavy atom. The molecule has 17 heavy (non-hydrogen) atoms. The number of amides is 3. The molecule has 0 aromatic rings. The summed E-state index contributed by atoms with van der Waals surface area (Å²) in [4.78, 5) is 34.7. The van der Waals surface area contributed by atoms with Gasteiger partial charge in [0, 0.05) is 13.6 Å². The van der Waals surface area contributed by atoms with Crippen molar-refractivity contribution in [3.8, 4) is 0 Å². The van der Waals surface area contributed by atoms with Crippen molar-refractivity contribution in [1.82, 2.24) is 15.5 Å². The van der Waals surface area contributed by atoms with Gasteiger partial charge in [-0.2, -0.15) is 0 Å². The first kappa shape index (κ1) is 15.2. The molecule has 0 fully saturated rings. The Morgan fingerprint density at radius 3 is 2.24 bits per heavy atom. The van der Waals surface area contributed by atoms with E-state index in [-0.39, 0.29) is 12.5 Å². The van der Waals surface area contributed by atoms with E-state index in [1.54, 1.807) is 6.92 Å². The number of carboxylic acids is 1. The Kier molecular flexibility index (Phi) is 5.43. The molecule has 0 saturated carbocycles. The van der Waals surface area contributed by atoms with Crippen LogP contribution in [-0.2, 0) is 9.59 Å². The third-order valence-electron chi connectivity index (χ3n) is 2.06. The lowest BCUT2D eigenvalue weighted by Crippen LogP contribution is -2.54. The van der Waals surface area contributed by atoms with Gasteiger partial charge in [-0.15, -0.1) is 0 Å². The van der Waals surface area contributed by atoms with Crippen LogP contribution in [0.25, 0.3) is 0 Å². The van der Waals surface area contributed by atoms with Crippen LogP contribution in [0.3, 0.4) is 0 Å². The predicted molar refractivity (Wildman–Crippen MR) is 61.6 cm³/mol. The van der Waals surface area contributed by atoms with Crippen LogP contribution in [-0.4, -0.2) is 53.6 Å². The zero-order valence-electron chi connectivity index (χ0n) is 10.5. The van der Waals surface area contributed by atoms with Gasteiger partial charge in [0.2, 0.25) is 5.91 Å². The van der Waals surface area contributed by atoms with Gasteiger partial charge in [-0.3, -0.25) is 4.79 Å². The summed E-state index contributed by atoms with van der Waals surface area (Å²) in [5, 5.41) is 13.7. The summed E-state index contributed by atoms with van der Waals surface area (Å²) in [5.74, 6) is -1.43. The lowest BCUT2D eigenvalue weighted by molar-refractivity contribution is -0.143. The summed E-state index contributed by atoms with van der Waals surface area (Å²) in [6.45, 7) is 4.87. The number of hydrogen-bond acceptors (Lipinski definition) is 3. The highest BCUT2D eigenvalue weighted by Gasteiger charge is 2.30. The average Bonchev–Trinajstić information content (AvgIpc) is 2.16. The van der Waals surface area contributed by atoms with Crippen molar-refractivity contribution in [3.05, 3.63) is 0 Å². The monoisotopic (exact) mass is 245 g/mol. The van der Waals surface area contributed by atoms with E-state index in [9.17, 15) is 14.4 Å². The van der Waals surface area contributed by atoms with Gasteiger partial charge in [0.15, 0.2) is 0 Å². The van der Waals surface area contributed by atoms with Gasteiger partial charge in [-0.25, -0.2) is 9.59 Å². The van der Waals surface area contributed by atoms with Crippen molar-refractivity contribution in [1.29, 1.82) is 0 Å². The second kappa shape index (κ2) is 6.07. The maximum atomic E-state index is 11.6. The number of carbonyl (C=O) groups is 3. The quantitative estimate of drug-likeness (QED) is 0.615. The van der Waals surface area contributed by atoms with Crippen LogP contribution in [0.1, 0.15) is 20.8 Å². The van der Waals surface area contributed by atoms with E-state index in [2.05, 4.69) is 10.6 Å². The predicted octanol–water partition coefficient (Wildman–Crippen LogP) is -0.373. The Labute approximate surface area is 100 Å². The van der Waals surface area contributed by atoms with Gasteiger partial charge < -0.3 is 20.6 Å². The molecule has 98 valence electrons. The first-order chi connectivity index (χ1) is 7.70. The van der Waals surface area contributed by atoms with Gasteiger partial charge in [0.05, 0.1) is 0 Å². The minimum atomic E-state index is -1.37. The van der Waals surface area contributed by atoms with E-state index < -0.39 is 17.5 Å². The second-order valence-corrected chi connectivity index (χ2v) is 4.17. The molecule has 0 bridgehead atoms. The highest BCUT2D eigenvalue weighted by molar-refractivity contribution is 5.88. The first-order valence-corrected chi connectivity index (χ1v) is 5.24. The second-order valence-electron chi connectivity index (χ2n) is 4.17. The number of nitrogens with zero attached hydrogens (tertiary/aromatic N) is 1. The number of rotatable bonds is 5. The molecule has 0 aliphatic rings. The van der Waals surface area contributed by atoms with E-state index in [1.807, 2.05) is 0 Å². The fourth-order valence-corrected chi connectivity index (χ4v) is 0.957. The maximum absolute atomic E-state index is 11.6. The van der Waals surface area contributed by atoms with Gasteiger partial charge in [0.25, 0.3) is 0 Å². The molecule has 3 amide bonds. The average molecular weight is 245 g/mol. The number of aliphatic carboxylic acids is 1. The summed E-state index contributed by atoms with van der Waals surface area (Å²) in [6.07, 6.45) is 0. The normalized spacial score (nSPS) is 10.6. The van der Waals surface area contributed by atoms with Crippen molar-refractivity contribution in [2.24, 2.45) is 0 Å². The molecule has 7 nitrogen and oxygen atoms in total. The SMILES string of the molecule is CCNC(=O)CN(C)C(=O)NC(C)(C)C(=O)O. The van der Waals surface area contributed by atoms with Crippen molar-refractivity contribution in [3.63, 3.8) is 0 Å². The maximum Gasteiger partial charge on any atom is 0.328 e. The third kappa shape index (κ3) is 5.19. The molecular weight excluding hydrogens is 226 g/mol. The molecule has 0 aromatic heterocycles. The summed E-state index contributed by atoms with van der Waals surface area (Å²) in [5.41, 5.74) is -1.37. The molecule has 0 spiro atoms. The fourth-order valence-electron chi connectivity index (χ4n) is 0.957. The van der Waals surface area contributed by atoms with Crippen molar-refractivity contribution in [2.45, 2.75) is 26.3 Å². The number of hydrogen-bond donors (Lipinski definition) is 3. The van der Waals surface area contributed by atoms with Crippen molar-refractivity contribution >= 4 is 17.9 Å². The van der Waals surface area contributed by atoms with E-state index in [1.165, 1.54) is 20.9 Å². The van der Waals surface area contributed by atoms with Crippen LogP contribution in [0.15, 0.2) is 0 Å². The van der Waals surface area contributed by atoms with Crippen LogP contribution in [0, 0.1) is 0 Å². The Morgan fingerprint density at radius 1 is 1.29 bits per heavy atom. The van der Waals surface area contributed by atoms with E-state index in [4.69, 9.17) is 5.11 Å². The smallest absolute Gasteiger partial charge is 0.328 e. The highest BCUT2D eigenvalue weighted by atomic mass is 16.4. The summed E-state index contributed by atoms with van der Waals surface area (Å²) in [7, 11) is 1.42. The molecule has 0 aliphatic carbocycles. The van der Waals surface area contributed by atoms with Gasteiger partial charge in [0.1, 0.15) is 12.1 Å². The minimum absolute atomic E-state index is 0.116. The molecule has 0 atom stereocenters. The number of carboxylic acid groups (broad SMARTS) is 1. The summed E-state index contributed by atoms with van der Waals surface area (Å²) in [6, 6.07) is -0.608. The Bertz CT molecular complexity index is 315. The Balaban J connectivity index is 4.33. The van der Waals surface area contributed by atoms with Crippen LogP contribution in [0.2, 0.25) is 0 Å². The number of likely N-dealkylation sites (N-methyl/N-ethyl adjacent to an activating group) is 2.